The van der Waals surface area contributed by atoms with Crippen LogP contribution in [0.3, 0.4) is 0 Å². The molecule has 0 fully saturated rings. The van der Waals surface area contributed by atoms with E-state index in [2.05, 4.69) is 131 Å². The normalized spacial score (nSPS) is 11.8. The van der Waals surface area contributed by atoms with Gasteiger partial charge in [-0.25, -0.2) is 4.98 Å². The lowest BCUT2D eigenvalue weighted by atomic mass is 10.00. The largest absolute Gasteiger partial charge is 0.454 e. The fraction of sp³-hybridized carbons (Fsp3) is 0. The summed E-state index contributed by atoms with van der Waals surface area (Å²) >= 11 is 0. The molecular formula is C42H25N5O. The van der Waals surface area contributed by atoms with Crippen LogP contribution < -0.4 is 0 Å². The van der Waals surface area contributed by atoms with Crippen LogP contribution in [0.2, 0.25) is 0 Å². The van der Waals surface area contributed by atoms with Crippen molar-refractivity contribution < 1.29 is 4.42 Å². The second kappa shape index (κ2) is 10.4. The number of hydrogen-bond acceptors (Lipinski definition) is 5. The molecule has 0 saturated carbocycles. The first-order valence-corrected chi connectivity index (χ1v) is 15.9. The summed E-state index contributed by atoms with van der Waals surface area (Å²) in [5.41, 5.74) is 7.62. The molecular weight excluding hydrogens is 590 g/mol. The van der Waals surface area contributed by atoms with Crippen LogP contribution in [0.5, 0.6) is 0 Å². The molecule has 6 nitrogen and oxygen atoms in total. The number of para-hydroxylation sites is 2. The van der Waals surface area contributed by atoms with Gasteiger partial charge in [0.2, 0.25) is 5.95 Å². The Morgan fingerprint density at radius 3 is 1.98 bits per heavy atom. The third-order valence-electron chi connectivity index (χ3n) is 9.17. The van der Waals surface area contributed by atoms with Crippen molar-refractivity contribution in [2.24, 2.45) is 0 Å². The maximum absolute atomic E-state index is 6.19. The van der Waals surface area contributed by atoms with E-state index in [9.17, 15) is 0 Å². The number of nitrogens with zero attached hydrogens (tertiary/aromatic N) is 5. The van der Waals surface area contributed by atoms with E-state index in [1.54, 1.807) is 12.4 Å². The molecule has 0 spiro atoms. The second-order valence-electron chi connectivity index (χ2n) is 11.9. The zero-order valence-corrected chi connectivity index (χ0v) is 25.6. The SMILES string of the molecule is c1ccc2cc(-c3ccc(-c4nc(-c5cccc6oc7cnccc7c56)nc(-n5c6ccccc6c6ccccc65)n4)cc3)ccc2c1. The van der Waals surface area contributed by atoms with Gasteiger partial charge in [0, 0.05) is 38.9 Å². The standard InChI is InChI=1S/C42H25N5O/c1-2-9-29-24-30(21-18-26(29)8-1)27-16-19-28(20-17-27)40-44-41(34-12-7-15-37-39(34)33-22-23-43-25-38(33)48-37)46-42(45-40)47-35-13-5-3-10-31(35)32-11-4-6-14-36(32)47/h1-25H. The summed E-state index contributed by atoms with van der Waals surface area (Å²) < 4.78 is 8.33. The monoisotopic (exact) mass is 615 g/mol. The third-order valence-corrected chi connectivity index (χ3v) is 9.17. The molecule has 0 aliphatic rings. The Balaban J connectivity index is 1.20. The third kappa shape index (κ3) is 4.13. The lowest BCUT2D eigenvalue weighted by Gasteiger charge is -2.12. The predicted molar refractivity (Wildman–Crippen MR) is 193 cm³/mol. The number of pyridine rings is 1. The van der Waals surface area contributed by atoms with Crippen molar-refractivity contribution in [3.8, 4) is 39.9 Å². The molecule has 0 amide bonds. The smallest absolute Gasteiger partial charge is 0.238 e. The van der Waals surface area contributed by atoms with E-state index in [4.69, 9.17) is 19.4 Å². The van der Waals surface area contributed by atoms with E-state index in [0.29, 0.717) is 17.6 Å². The van der Waals surface area contributed by atoms with Gasteiger partial charge in [0.1, 0.15) is 5.58 Å². The van der Waals surface area contributed by atoms with Crippen LogP contribution in [0.25, 0.3) is 94.4 Å². The zero-order chi connectivity index (χ0) is 31.6. The molecule has 0 saturated heterocycles. The van der Waals surface area contributed by atoms with Crippen molar-refractivity contribution in [1.29, 1.82) is 0 Å². The van der Waals surface area contributed by atoms with Crippen molar-refractivity contribution in [3.05, 3.63) is 152 Å². The molecule has 0 atom stereocenters. The van der Waals surface area contributed by atoms with Crippen LogP contribution in [-0.4, -0.2) is 24.5 Å². The van der Waals surface area contributed by atoms with Crippen LogP contribution in [0.4, 0.5) is 0 Å². The molecule has 0 aliphatic carbocycles. The van der Waals surface area contributed by atoms with Gasteiger partial charge in [-0.05, 0) is 52.2 Å². The van der Waals surface area contributed by atoms with E-state index in [1.165, 1.54) is 10.8 Å². The molecule has 0 bridgehead atoms. The highest BCUT2D eigenvalue weighted by atomic mass is 16.3. The van der Waals surface area contributed by atoms with Crippen molar-refractivity contribution in [3.63, 3.8) is 0 Å². The summed E-state index contributed by atoms with van der Waals surface area (Å²) in [4.78, 5) is 19.7. The molecule has 10 rings (SSSR count). The number of aromatic nitrogens is 5. The number of benzene rings is 6. The molecule has 10 aromatic rings. The fourth-order valence-electron chi connectivity index (χ4n) is 6.90. The van der Waals surface area contributed by atoms with E-state index >= 15 is 0 Å². The van der Waals surface area contributed by atoms with E-state index in [-0.39, 0.29) is 0 Å². The van der Waals surface area contributed by atoms with Gasteiger partial charge < -0.3 is 4.42 Å². The van der Waals surface area contributed by atoms with Gasteiger partial charge >= 0.3 is 0 Å². The van der Waals surface area contributed by atoms with Crippen LogP contribution in [0, 0.1) is 0 Å². The van der Waals surface area contributed by atoms with E-state index in [1.807, 2.05) is 18.2 Å². The van der Waals surface area contributed by atoms with Crippen LogP contribution >= 0.6 is 0 Å². The summed E-state index contributed by atoms with van der Waals surface area (Å²) in [6, 6.07) is 48.2. The molecule has 0 unspecified atom stereocenters. The summed E-state index contributed by atoms with van der Waals surface area (Å²) in [6.07, 6.45) is 3.53. The van der Waals surface area contributed by atoms with Gasteiger partial charge in [-0.2, -0.15) is 9.97 Å². The van der Waals surface area contributed by atoms with E-state index in [0.717, 1.165) is 66.0 Å². The molecule has 4 heterocycles. The summed E-state index contributed by atoms with van der Waals surface area (Å²) in [7, 11) is 0. The van der Waals surface area contributed by atoms with Gasteiger partial charge in [-0.3, -0.25) is 9.55 Å². The maximum atomic E-state index is 6.19. The number of hydrogen-bond donors (Lipinski definition) is 0. The first-order valence-electron chi connectivity index (χ1n) is 15.9. The van der Waals surface area contributed by atoms with Gasteiger partial charge in [0.05, 0.1) is 17.2 Å². The molecule has 0 N–H and O–H groups in total. The summed E-state index contributed by atoms with van der Waals surface area (Å²) in [5, 5.41) is 6.65. The Labute approximate surface area is 274 Å². The van der Waals surface area contributed by atoms with Crippen LogP contribution in [-0.2, 0) is 0 Å². The van der Waals surface area contributed by atoms with Crippen molar-refractivity contribution in [1.82, 2.24) is 24.5 Å². The molecule has 48 heavy (non-hydrogen) atoms. The number of furan rings is 1. The molecule has 0 aliphatic heterocycles. The Bertz CT molecular complexity index is 2800. The van der Waals surface area contributed by atoms with Gasteiger partial charge in [0.25, 0.3) is 0 Å². The molecule has 0 radical (unpaired) electrons. The Morgan fingerprint density at radius 2 is 1.17 bits per heavy atom. The summed E-state index contributed by atoms with van der Waals surface area (Å²) in [5.74, 6) is 1.71. The minimum atomic E-state index is 0.553. The van der Waals surface area contributed by atoms with Crippen LogP contribution in [0.1, 0.15) is 0 Å². The Hall–Kier alpha value is -6.66. The minimum absolute atomic E-state index is 0.553. The lowest BCUT2D eigenvalue weighted by Crippen LogP contribution is -2.06. The minimum Gasteiger partial charge on any atom is -0.454 e. The highest BCUT2D eigenvalue weighted by molar-refractivity contribution is 6.12. The van der Waals surface area contributed by atoms with Crippen LogP contribution in [0.15, 0.2) is 156 Å². The predicted octanol–water partition coefficient (Wildman–Crippen LogP) is 10.4. The Kier molecular flexibility index (Phi) is 5.77. The molecule has 6 aromatic carbocycles. The molecule has 4 aromatic heterocycles. The second-order valence-corrected chi connectivity index (χ2v) is 11.9. The Morgan fingerprint density at radius 1 is 0.479 bits per heavy atom. The zero-order valence-electron chi connectivity index (χ0n) is 25.6. The van der Waals surface area contributed by atoms with Crippen molar-refractivity contribution >= 4 is 54.5 Å². The maximum Gasteiger partial charge on any atom is 0.238 e. The van der Waals surface area contributed by atoms with Crippen molar-refractivity contribution in [2.45, 2.75) is 0 Å². The highest BCUT2D eigenvalue weighted by Crippen LogP contribution is 2.37. The average Bonchev–Trinajstić information content (AvgIpc) is 3.71. The van der Waals surface area contributed by atoms with Gasteiger partial charge in [-0.15, -0.1) is 0 Å². The first-order chi connectivity index (χ1) is 23.8. The number of rotatable bonds is 4. The lowest BCUT2D eigenvalue weighted by molar-refractivity contribution is 0.667. The first kappa shape index (κ1) is 26.5. The summed E-state index contributed by atoms with van der Waals surface area (Å²) in [6.45, 7) is 0. The number of fused-ring (bicyclic) bond motifs is 7. The fourth-order valence-corrected chi connectivity index (χ4v) is 6.90. The average molecular weight is 616 g/mol. The van der Waals surface area contributed by atoms with Gasteiger partial charge in [-0.1, -0.05) is 109 Å². The topological polar surface area (TPSA) is 69.6 Å². The highest BCUT2D eigenvalue weighted by Gasteiger charge is 2.20. The van der Waals surface area contributed by atoms with Gasteiger partial charge in [0.15, 0.2) is 17.2 Å². The quantitative estimate of drug-likeness (QED) is 0.197. The van der Waals surface area contributed by atoms with Crippen molar-refractivity contribution in [2.75, 3.05) is 0 Å². The molecule has 224 valence electrons. The molecule has 6 heteroatoms. The van der Waals surface area contributed by atoms with E-state index < -0.39 is 0 Å².